The van der Waals surface area contributed by atoms with Crippen LogP contribution in [0.3, 0.4) is 0 Å². The molecule has 0 spiro atoms. The number of nitrogens with zero attached hydrogens (tertiary/aromatic N) is 4. The van der Waals surface area contributed by atoms with Crippen molar-refractivity contribution in [2.24, 2.45) is 5.73 Å². The number of rotatable bonds is 5. The molecule has 0 aliphatic heterocycles. The average molecular weight is 358 g/mol. The van der Waals surface area contributed by atoms with Crippen LogP contribution >= 0.6 is 0 Å². The van der Waals surface area contributed by atoms with Gasteiger partial charge in [-0.15, -0.1) is 5.10 Å². The van der Waals surface area contributed by atoms with Gasteiger partial charge in [0, 0.05) is 12.1 Å². The highest BCUT2D eigenvalue weighted by atomic mass is 16.5. The number of hydrogen-bond donors (Lipinski definition) is 2. The fourth-order valence-electron chi connectivity index (χ4n) is 3.51. The third-order valence-corrected chi connectivity index (χ3v) is 4.99. The molecule has 1 aliphatic carbocycles. The van der Waals surface area contributed by atoms with Crippen LogP contribution in [0.25, 0.3) is 0 Å². The summed E-state index contributed by atoms with van der Waals surface area (Å²) in [5.74, 6) is 1.65. The fourth-order valence-corrected chi connectivity index (χ4v) is 3.51. The van der Waals surface area contributed by atoms with Crippen molar-refractivity contribution in [2.45, 2.75) is 70.1 Å². The summed E-state index contributed by atoms with van der Waals surface area (Å²) in [6, 6.07) is 8.72. The molecule has 26 heavy (non-hydrogen) atoms. The van der Waals surface area contributed by atoms with E-state index in [1.54, 1.807) is 7.11 Å². The Labute approximate surface area is 155 Å². The largest absolute Gasteiger partial charge is 0.497 e. The molecule has 1 heterocycles. The molecule has 1 unspecified atom stereocenters. The van der Waals surface area contributed by atoms with Crippen molar-refractivity contribution >= 4 is 0 Å². The molecule has 0 amide bonds. The van der Waals surface area contributed by atoms with E-state index in [0.29, 0.717) is 12.1 Å². The van der Waals surface area contributed by atoms with Crippen LogP contribution in [0.1, 0.15) is 63.9 Å². The minimum Gasteiger partial charge on any atom is -0.497 e. The van der Waals surface area contributed by atoms with Gasteiger partial charge in [0.2, 0.25) is 0 Å². The number of tetrazole rings is 1. The highest BCUT2D eigenvalue weighted by Gasteiger charge is 2.30. The molecule has 1 atom stereocenters. The Bertz CT molecular complexity index is 715. The van der Waals surface area contributed by atoms with Gasteiger partial charge in [0.05, 0.1) is 18.7 Å². The summed E-state index contributed by atoms with van der Waals surface area (Å²) >= 11 is 0. The lowest BCUT2D eigenvalue weighted by molar-refractivity contribution is 0.296. The summed E-state index contributed by atoms with van der Waals surface area (Å²) in [4.78, 5) is 0. The minimum atomic E-state index is -0.202. The standard InChI is InChI=1S/C19H30N6O/c1-19(2,3)25-18(22-23-24-25)17(13-6-5-7-16(12-13)26-4)21-15-10-8-14(20)9-11-15/h5-7,12,14-15,17,21H,8-11,20H2,1-4H3. The normalized spacial score (nSPS) is 22.2. The van der Waals surface area contributed by atoms with E-state index >= 15 is 0 Å². The molecule has 1 aliphatic rings. The van der Waals surface area contributed by atoms with Crippen LogP contribution in [-0.2, 0) is 5.54 Å². The first-order chi connectivity index (χ1) is 12.4. The molecule has 2 aromatic rings. The molecule has 1 saturated carbocycles. The van der Waals surface area contributed by atoms with Crippen LogP contribution in [0, 0.1) is 0 Å². The maximum atomic E-state index is 6.07. The Hall–Kier alpha value is -1.99. The summed E-state index contributed by atoms with van der Waals surface area (Å²) in [6.45, 7) is 6.32. The summed E-state index contributed by atoms with van der Waals surface area (Å²) in [5.41, 5.74) is 6.97. The lowest BCUT2D eigenvalue weighted by atomic mass is 9.90. The molecular formula is C19H30N6O. The second kappa shape index (κ2) is 7.72. The molecule has 3 N–H and O–H groups in total. The molecule has 0 bridgehead atoms. The zero-order valence-corrected chi connectivity index (χ0v) is 16.1. The van der Waals surface area contributed by atoms with Gasteiger partial charge in [-0.1, -0.05) is 12.1 Å². The predicted molar refractivity (Wildman–Crippen MR) is 101 cm³/mol. The van der Waals surface area contributed by atoms with Crippen LogP contribution in [0.5, 0.6) is 5.75 Å². The second-order valence-electron chi connectivity index (χ2n) is 8.11. The van der Waals surface area contributed by atoms with Crippen molar-refractivity contribution in [1.82, 2.24) is 25.5 Å². The van der Waals surface area contributed by atoms with Gasteiger partial charge in [-0.2, -0.15) is 0 Å². The third kappa shape index (κ3) is 4.22. The maximum absolute atomic E-state index is 6.07. The number of ether oxygens (including phenoxy) is 1. The first-order valence-corrected chi connectivity index (χ1v) is 9.33. The lowest BCUT2D eigenvalue weighted by Crippen LogP contribution is -2.41. The Morgan fingerprint density at radius 3 is 2.62 bits per heavy atom. The van der Waals surface area contributed by atoms with Crippen LogP contribution in [0.15, 0.2) is 24.3 Å². The van der Waals surface area contributed by atoms with Gasteiger partial charge in [-0.05, 0) is 74.6 Å². The Morgan fingerprint density at radius 1 is 1.23 bits per heavy atom. The highest BCUT2D eigenvalue weighted by molar-refractivity contribution is 5.33. The number of benzene rings is 1. The van der Waals surface area contributed by atoms with Crippen molar-refractivity contribution in [2.75, 3.05) is 7.11 Å². The summed E-state index contributed by atoms with van der Waals surface area (Å²) in [5, 5.41) is 16.4. The van der Waals surface area contributed by atoms with Crippen LogP contribution in [0.2, 0.25) is 0 Å². The van der Waals surface area contributed by atoms with Crippen LogP contribution in [-0.4, -0.2) is 39.4 Å². The van der Waals surface area contributed by atoms with Gasteiger partial charge < -0.3 is 15.8 Å². The molecule has 1 aromatic carbocycles. The van der Waals surface area contributed by atoms with E-state index in [1.165, 1.54) is 0 Å². The van der Waals surface area contributed by atoms with Crippen molar-refractivity contribution in [3.63, 3.8) is 0 Å². The van der Waals surface area contributed by atoms with E-state index in [4.69, 9.17) is 10.5 Å². The van der Waals surface area contributed by atoms with E-state index in [9.17, 15) is 0 Å². The van der Waals surface area contributed by atoms with E-state index in [1.807, 2.05) is 22.9 Å². The second-order valence-corrected chi connectivity index (χ2v) is 8.11. The molecule has 0 saturated heterocycles. The lowest BCUT2D eigenvalue weighted by Gasteiger charge is -2.32. The predicted octanol–water partition coefficient (Wildman–Crippen LogP) is 2.39. The van der Waals surface area contributed by atoms with Crippen molar-refractivity contribution in [1.29, 1.82) is 0 Å². The average Bonchev–Trinajstić information content (AvgIpc) is 3.11. The van der Waals surface area contributed by atoms with E-state index in [-0.39, 0.29) is 11.6 Å². The number of nitrogens with two attached hydrogens (primary N) is 1. The number of nitrogens with one attached hydrogen (secondary N) is 1. The Morgan fingerprint density at radius 2 is 1.96 bits per heavy atom. The molecule has 7 nitrogen and oxygen atoms in total. The van der Waals surface area contributed by atoms with Crippen LogP contribution < -0.4 is 15.8 Å². The first kappa shape index (κ1) is 18.8. The van der Waals surface area contributed by atoms with E-state index < -0.39 is 0 Å². The van der Waals surface area contributed by atoms with Crippen LogP contribution in [0.4, 0.5) is 0 Å². The molecule has 3 rings (SSSR count). The van der Waals surface area contributed by atoms with E-state index in [0.717, 1.165) is 42.8 Å². The van der Waals surface area contributed by atoms with E-state index in [2.05, 4.69) is 47.7 Å². The minimum absolute atomic E-state index is 0.0985. The van der Waals surface area contributed by atoms with Crippen molar-refractivity contribution in [3.05, 3.63) is 35.7 Å². The monoisotopic (exact) mass is 358 g/mol. The number of aromatic nitrogens is 4. The summed E-state index contributed by atoms with van der Waals surface area (Å²) in [7, 11) is 1.68. The van der Waals surface area contributed by atoms with Gasteiger partial charge in [-0.25, -0.2) is 4.68 Å². The number of hydrogen-bond acceptors (Lipinski definition) is 6. The van der Waals surface area contributed by atoms with Gasteiger partial charge in [0.25, 0.3) is 0 Å². The fraction of sp³-hybridized carbons (Fsp3) is 0.632. The topological polar surface area (TPSA) is 90.9 Å². The summed E-state index contributed by atoms with van der Waals surface area (Å²) in [6.07, 6.45) is 4.23. The SMILES string of the molecule is COc1cccc(C(NC2CCC(N)CC2)c2nnnn2C(C)(C)C)c1. The zero-order chi connectivity index (χ0) is 18.7. The Kier molecular flexibility index (Phi) is 5.58. The first-order valence-electron chi connectivity index (χ1n) is 9.33. The quantitative estimate of drug-likeness (QED) is 0.853. The smallest absolute Gasteiger partial charge is 0.173 e. The van der Waals surface area contributed by atoms with Crippen molar-refractivity contribution in [3.8, 4) is 5.75 Å². The van der Waals surface area contributed by atoms with Gasteiger partial charge in [-0.3, -0.25) is 0 Å². The molecule has 142 valence electrons. The molecule has 7 heteroatoms. The molecular weight excluding hydrogens is 328 g/mol. The van der Waals surface area contributed by atoms with Crippen molar-refractivity contribution < 1.29 is 4.74 Å². The summed E-state index contributed by atoms with van der Waals surface area (Å²) < 4.78 is 7.32. The van der Waals surface area contributed by atoms with Gasteiger partial charge in [0.15, 0.2) is 5.82 Å². The van der Waals surface area contributed by atoms with Gasteiger partial charge in [0.1, 0.15) is 5.75 Å². The zero-order valence-electron chi connectivity index (χ0n) is 16.1. The highest BCUT2D eigenvalue weighted by Crippen LogP contribution is 2.29. The maximum Gasteiger partial charge on any atom is 0.173 e. The number of methoxy groups -OCH3 is 1. The molecule has 1 aromatic heterocycles. The van der Waals surface area contributed by atoms with Gasteiger partial charge >= 0.3 is 0 Å². The molecule has 0 radical (unpaired) electrons. The Balaban J connectivity index is 1.95. The molecule has 1 fully saturated rings. The third-order valence-electron chi connectivity index (χ3n) is 4.99.